The smallest absolute Gasteiger partial charge is 0.128 e. The Labute approximate surface area is 104 Å². The molecule has 4 nitrogen and oxygen atoms in total. The van der Waals surface area contributed by atoms with Gasteiger partial charge in [0.1, 0.15) is 24.3 Å². The summed E-state index contributed by atoms with van der Waals surface area (Å²) in [5.74, 6) is 0.571. The topological polar surface area (TPSA) is 37.2 Å². The van der Waals surface area contributed by atoms with E-state index in [2.05, 4.69) is 34.6 Å². The average Bonchev–Trinajstić information content (AvgIpc) is 3.00. The van der Waals surface area contributed by atoms with E-state index in [1.165, 1.54) is 11.1 Å². The van der Waals surface area contributed by atoms with Gasteiger partial charge in [-0.2, -0.15) is 5.11 Å². The first-order chi connectivity index (χ1) is 8.40. The summed E-state index contributed by atoms with van der Waals surface area (Å²) in [7, 11) is 0. The van der Waals surface area contributed by atoms with Crippen molar-refractivity contribution in [3.05, 3.63) is 35.4 Å². The molecule has 0 aromatic heterocycles. The molecule has 0 saturated carbocycles. The first-order valence-electron chi connectivity index (χ1n) is 5.88. The molecule has 17 heavy (non-hydrogen) atoms. The predicted molar refractivity (Wildman–Crippen MR) is 62.9 cm³/mol. The number of benzene rings is 1. The van der Waals surface area contributed by atoms with E-state index in [1.807, 2.05) is 5.01 Å². The maximum Gasteiger partial charge on any atom is 0.128 e. The molecule has 0 spiro atoms. The summed E-state index contributed by atoms with van der Waals surface area (Å²) in [4.78, 5) is 0. The molecule has 0 aliphatic carbocycles. The number of hydrogen-bond acceptors (Lipinski definition) is 4. The van der Waals surface area contributed by atoms with Crippen LogP contribution in [0.15, 0.2) is 34.6 Å². The molecule has 88 valence electrons. The van der Waals surface area contributed by atoms with Gasteiger partial charge in [-0.25, -0.2) is 0 Å². The number of ether oxygens (including phenoxy) is 1. The Morgan fingerprint density at radius 1 is 1.24 bits per heavy atom. The molecule has 4 atom stereocenters. The van der Waals surface area contributed by atoms with Gasteiger partial charge in [-0.1, -0.05) is 29.5 Å². The van der Waals surface area contributed by atoms with E-state index < -0.39 is 0 Å². The molecule has 0 N–H and O–H groups in total. The molecule has 5 heteroatoms. The van der Waals surface area contributed by atoms with Crippen molar-refractivity contribution in [3.63, 3.8) is 0 Å². The van der Waals surface area contributed by atoms with Gasteiger partial charge >= 0.3 is 0 Å². The molecule has 3 heterocycles. The lowest BCUT2D eigenvalue weighted by molar-refractivity contribution is 0.0396. The SMILES string of the molecule is ClCCN1N=NC2C3OC(c4ccccc43)C21. The van der Waals surface area contributed by atoms with Crippen molar-refractivity contribution in [1.82, 2.24) is 5.01 Å². The zero-order valence-corrected chi connectivity index (χ0v) is 9.92. The van der Waals surface area contributed by atoms with Crippen molar-refractivity contribution in [1.29, 1.82) is 0 Å². The number of halogens is 1. The lowest BCUT2D eigenvalue weighted by Gasteiger charge is -2.27. The highest BCUT2D eigenvalue weighted by atomic mass is 35.5. The summed E-state index contributed by atoms with van der Waals surface area (Å²) in [6, 6.07) is 8.79. The summed E-state index contributed by atoms with van der Waals surface area (Å²) in [5.41, 5.74) is 2.58. The van der Waals surface area contributed by atoms with Gasteiger partial charge in [-0.3, -0.25) is 5.01 Å². The summed E-state index contributed by atoms with van der Waals surface area (Å²) in [6.45, 7) is 0.737. The molecular formula is C12H12ClN3O. The monoisotopic (exact) mass is 249 g/mol. The highest BCUT2D eigenvalue weighted by Crippen LogP contribution is 2.55. The van der Waals surface area contributed by atoms with Gasteiger partial charge < -0.3 is 4.74 Å². The van der Waals surface area contributed by atoms with E-state index >= 15 is 0 Å². The van der Waals surface area contributed by atoms with Crippen LogP contribution in [0.2, 0.25) is 0 Å². The third-order valence-corrected chi connectivity index (χ3v) is 4.00. The summed E-state index contributed by atoms with van der Waals surface area (Å²) >= 11 is 5.79. The summed E-state index contributed by atoms with van der Waals surface area (Å²) < 4.78 is 6.05. The molecule has 2 bridgehead atoms. The Bertz CT molecular complexity index is 492. The average molecular weight is 250 g/mol. The summed E-state index contributed by atoms with van der Waals surface area (Å²) in [5, 5.41) is 10.6. The Morgan fingerprint density at radius 2 is 2.00 bits per heavy atom. The number of fused-ring (bicyclic) bond motifs is 8. The van der Waals surface area contributed by atoms with E-state index in [1.54, 1.807) is 0 Å². The number of rotatable bonds is 2. The molecule has 1 aromatic carbocycles. The van der Waals surface area contributed by atoms with Crippen LogP contribution in [-0.2, 0) is 4.74 Å². The van der Waals surface area contributed by atoms with Crippen molar-refractivity contribution < 1.29 is 4.74 Å². The van der Waals surface area contributed by atoms with Gasteiger partial charge in [-0.15, -0.1) is 11.6 Å². The predicted octanol–water partition coefficient (Wildman–Crippen LogP) is 2.47. The molecule has 4 rings (SSSR count). The van der Waals surface area contributed by atoms with Crippen LogP contribution in [-0.4, -0.2) is 29.5 Å². The van der Waals surface area contributed by atoms with Crippen molar-refractivity contribution in [2.75, 3.05) is 12.4 Å². The molecule has 4 unspecified atom stereocenters. The normalized spacial score (nSPS) is 36.4. The second-order valence-electron chi connectivity index (χ2n) is 4.64. The minimum atomic E-state index is 0.0882. The quantitative estimate of drug-likeness (QED) is 0.755. The minimum Gasteiger partial charge on any atom is -0.361 e. The molecule has 0 amide bonds. The van der Waals surface area contributed by atoms with Crippen LogP contribution in [0.1, 0.15) is 23.3 Å². The van der Waals surface area contributed by atoms with Crippen molar-refractivity contribution >= 4 is 11.6 Å². The fourth-order valence-electron chi connectivity index (χ4n) is 3.15. The Kier molecular flexibility index (Phi) is 1.99. The van der Waals surface area contributed by atoms with Crippen LogP contribution in [0.5, 0.6) is 0 Å². The van der Waals surface area contributed by atoms with Crippen molar-refractivity contribution in [3.8, 4) is 0 Å². The maximum atomic E-state index is 6.05. The Hall–Kier alpha value is -1.13. The number of hydrogen-bond donors (Lipinski definition) is 0. The van der Waals surface area contributed by atoms with Gasteiger partial charge in [0, 0.05) is 5.88 Å². The van der Waals surface area contributed by atoms with Crippen LogP contribution >= 0.6 is 11.6 Å². The second kappa shape index (κ2) is 3.43. The largest absolute Gasteiger partial charge is 0.361 e. The molecule has 1 aromatic rings. The first kappa shape index (κ1) is 9.85. The molecule has 3 aliphatic heterocycles. The van der Waals surface area contributed by atoms with Gasteiger partial charge in [0.15, 0.2) is 0 Å². The van der Waals surface area contributed by atoms with E-state index in [4.69, 9.17) is 16.3 Å². The lowest BCUT2D eigenvalue weighted by atomic mass is 9.85. The van der Waals surface area contributed by atoms with Gasteiger partial charge in [0.2, 0.25) is 0 Å². The minimum absolute atomic E-state index is 0.0882. The highest BCUT2D eigenvalue weighted by molar-refractivity contribution is 6.18. The second-order valence-corrected chi connectivity index (χ2v) is 5.02. The summed E-state index contributed by atoms with van der Waals surface area (Å²) in [6.07, 6.45) is 0.199. The Morgan fingerprint density at radius 3 is 2.76 bits per heavy atom. The fraction of sp³-hybridized carbons (Fsp3) is 0.500. The van der Waals surface area contributed by atoms with Gasteiger partial charge in [-0.05, 0) is 11.1 Å². The zero-order chi connectivity index (χ0) is 11.4. The molecule has 0 radical (unpaired) electrons. The maximum absolute atomic E-state index is 6.05. The van der Waals surface area contributed by atoms with Gasteiger partial charge in [0.25, 0.3) is 0 Å². The van der Waals surface area contributed by atoms with E-state index in [9.17, 15) is 0 Å². The molecule has 1 saturated heterocycles. The highest BCUT2D eigenvalue weighted by Gasteiger charge is 2.57. The van der Waals surface area contributed by atoms with Crippen LogP contribution in [0.4, 0.5) is 0 Å². The molecule has 3 aliphatic rings. The Balaban J connectivity index is 1.75. The fourth-order valence-corrected chi connectivity index (χ4v) is 3.32. The first-order valence-corrected chi connectivity index (χ1v) is 6.41. The van der Waals surface area contributed by atoms with Crippen LogP contribution < -0.4 is 0 Å². The van der Waals surface area contributed by atoms with Crippen LogP contribution in [0.3, 0.4) is 0 Å². The van der Waals surface area contributed by atoms with Crippen LogP contribution in [0.25, 0.3) is 0 Å². The van der Waals surface area contributed by atoms with E-state index in [-0.39, 0.29) is 24.3 Å². The third-order valence-electron chi connectivity index (χ3n) is 3.83. The number of nitrogens with zero attached hydrogens (tertiary/aromatic N) is 3. The molecule has 1 fully saturated rings. The van der Waals surface area contributed by atoms with Crippen molar-refractivity contribution in [2.45, 2.75) is 24.3 Å². The standard InChI is InChI=1S/C12H12ClN3O/c13-5-6-16-10-9(14-15-16)11-7-3-1-2-4-8(7)12(10)17-11/h1-4,9-12H,5-6H2. The van der Waals surface area contributed by atoms with Crippen molar-refractivity contribution in [2.24, 2.45) is 10.3 Å². The van der Waals surface area contributed by atoms with E-state index in [0.717, 1.165) is 6.54 Å². The zero-order valence-electron chi connectivity index (χ0n) is 9.16. The lowest BCUT2D eigenvalue weighted by Crippen LogP contribution is -2.39. The third kappa shape index (κ3) is 1.17. The van der Waals surface area contributed by atoms with E-state index in [0.29, 0.717) is 5.88 Å². The van der Waals surface area contributed by atoms with Crippen LogP contribution in [0, 0.1) is 0 Å². The van der Waals surface area contributed by atoms with Gasteiger partial charge in [0.05, 0.1) is 6.54 Å². The number of alkyl halides is 1. The molecular weight excluding hydrogens is 238 g/mol.